The summed E-state index contributed by atoms with van der Waals surface area (Å²) in [4.78, 5) is 0. The van der Waals surface area contributed by atoms with E-state index in [-0.39, 0.29) is 0 Å². The quantitative estimate of drug-likeness (QED) is 0.465. The Morgan fingerprint density at radius 1 is 0.800 bits per heavy atom. The van der Waals surface area contributed by atoms with Crippen LogP contribution >= 0.6 is 0 Å². The van der Waals surface area contributed by atoms with Gasteiger partial charge in [-0.25, -0.2) is 0 Å². The van der Waals surface area contributed by atoms with E-state index in [0.717, 1.165) is 24.2 Å². The van der Waals surface area contributed by atoms with Crippen molar-refractivity contribution >= 4 is 16.9 Å². The van der Waals surface area contributed by atoms with Gasteiger partial charge in [-0.1, -0.05) is 45.8 Å². The van der Waals surface area contributed by atoms with Gasteiger partial charge in [0, 0.05) is 19.3 Å². The largest absolute Gasteiger partial charge is 0.501 e. The van der Waals surface area contributed by atoms with Gasteiger partial charge in [0.15, 0.2) is 0 Å². The zero-order valence-electron chi connectivity index (χ0n) is 14.5. The lowest BCUT2D eigenvalue weighted by atomic mass is 10.7. The minimum absolute atomic E-state index is 0.599. The molecule has 0 aromatic carbocycles. The minimum Gasteiger partial charge on any atom is -0.374 e. The summed E-state index contributed by atoms with van der Waals surface area (Å²) in [6, 6.07) is 4.14. The van der Waals surface area contributed by atoms with E-state index in [1.165, 1.54) is 0 Å². The fourth-order valence-corrected chi connectivity index (χ4v) is 10.3. The fraction of sp³-hybridized carbons (Fsp3) is 1.00. The topological polar surface area (TPSA) is 53.7 Å². The molecular formula is C14H35NO3Si2. The summed E-state index contributed by atoms with van der Waals surface area (Å²) in [5.74, 6) is 0. The maximum Gasteiger partial charge on any atom is 0.501 e. The summed E-state index contributed by atoms with van der Waals surface area (Å²) in [5.41, 5.74) is 6.66. The normalized spacial score (nSPS) is 16.2. The molecule has 122 valence electrons. The Balaban J connectivity index is 5.35. The molecule has 0 aliphatic rings. The molecule has 0 saturated heterocycles. The van der Waals surface area contributed by atoms with Gasteiger partial charge in [-0.05, 0) is 20.8 Å². The molecule has 0 saturated carbocycles. The predicted octanol–water partition coefficient (Wildman–Crippen LogP) is 3.76. The molecule has 0 aromatic rings. The molecule has 2 N–H and O–H groups in total. The molecule has 1 unspecified atom stereocenters. The summed E-state index contributed by atoms with van der Waals surface area (Å²) in [7, 11) is -4.35. The highest BCUT2D eigenvalue weighted by Crippen LogP contribution is 2.34. The molecule has 4 nitrogen and oxygen atoms in total. The summed E-state index contributed by atoms with van der Waals surface area (Å²) in [6.45, 7) is 16.0. The maximum absolute atomic E-state index is 6.66. The Hall–Kier alpha value is 0.274. The number of rotatable bonds is 11. The Kier molecular flexibility index (Phi) is 8.77. The lowest BCUT2D eigenvalue weighted by molar-refractivity contribution is 0.0179. The monoisotopic (exact) mass is 321 g/mol. The van der Waals surface area contributed by atoms with Crippen molar-refractivity contribution < 1.29 is 13.3 Å². The molecule has 0 spiro atoms. The van der Waals surface area contributed by atoms with Crippen LogP contribution in [0, 0.1) is 0 Å². The van der Waals surface area contributed by atoms with Crippen molar-refractivity contribution in [3.63, 3.8) is 0 Å². The summed E-state index contributed by atoms with van der Waals surface area (Å²) in [6.07, 6.45) is 0. The molecule has 1 atom stereocenters. The van der Waals surface area contributed by atoms with Gasteiger partial charge in [-0.15, -0.1) is 0 Å². The van der Waals surface area contributed by atoms with Gasteiger partial charge in [-0.3, -0.25) is 0 Å². The highest BCUT2D eigenvalue weighted by atomic mass is 28.4. The number of nitrogens with two attached hydrogens (primary N) is 1. The van der Waals surface area contributed by atoms with Crippen molar-refractivity contribution in [1.82, 2.24) is 0 Å². The van der Waals surface area contributed by atoms with E-state index in [0.29, 0.717) is 13.2 Å². The SMILES string of the molecule is CCO[Si](CC)(OCC)OC(C)(N)[Si](CC)(CC)CC. The number of hydrogen-bond acceptors (Lipinski definition) is 4. The molecule has 20 heavy (non-hydrogen) atoms. The van der Waals surface area contributed by atoms with Gasteiger partial charge in [0.1, 0.15) is 8.07 Å². The summed E-state index contributed by atoms with van der Waals surface area (Å²) in [5, 5.41) is -0.599. The Morgan fingerprint density at radius 2 is 1.20 bits per heavy atom. The van der Waals surface area contributed by atoms with Crippen molar-refractivity contribution in [3.05, 3.63) is 0 Å². The van der Waals surface area contributed by atoms with E-state index in [4.69, 9.17) is 19.0 Å². The molecule has 0 aromatic heterocycles. The van der Waals surface area contributed by atoms with Crippen LogP contribution in [0.1, 0.15) is 48.5 Å². The average molecular weight is 322 g/mol. The van der Waals surface area contributed by atoms with E-state index in [1.807, 2.05) is 20.8 Å². The third-order valence-corrected chi connectivity index (χ3v) is 14.1. The second-order valence-electron chi connectivity index (χ2n) is 5.45. The zero-order chi connectivity index (χ0) is 15.9. The molecule has 0 heterocycles. The standard InChI is InChI=1S/C14H35NO3Si2/c1-8-16-20(13-6,17-9-2)18-14(7,15)19(10-3,11-4)12-5/h8-13,15H2,1-7H3. The van der Waals surface area contributed by atoms with E-state index in [2.05, 4.69) is 27.7 Å². The first-order valence-corrected chi connectivity index (χ1v) is 12.6. The van der Waals surface area contributed by atoms with Crippen LogP contribution in [0.2, 0.25) is 24.2 Å². The Morgan fingerprint density at radius 3 is 1.45 bits per heavy atom. The fourth-order valence-electron chi connectivity index (χ4n) is 3.05. The summed E-state index contributed by atoms with van der Waals surface area (Å²) < 4.78 is 18.3. The second-order valence-corrected chi connectivity index (χ2v) is 14.0. The highest BCUT2D eigenvalue weighted by Gasteiger charge is 2.52. The van der Waals surface area contributed by atoms with Crippen molar-refractivity contribution in [2.45, 2.75) is 78.0 Å². The third kappa shape index (κ3) is 4.38. The maximum atomic E-state index is 6.66. The van der Waals surface area contributed by atoms with Crippen LogP contribution in [0.5, 0.6) is 0 Å². The van der Waals surface area contributed by atoms with E-state index in [9.17, 15) is 0 Å². The van der Waals surface area contributed by atoms with Gasteiger partial charge < -0.3 is 19.0 Å². The van der Waals surface area contributed by atoms with Gasteiger partial charge in [-0.2, -0.15) is 0 Å². The highest BCUT2D eigenvalue weighted by molar-refractivity contribution is 6.83. The van der Waals surface area contributed by atoms with Gasteiger partial charge >= 0.3 is 8.80 Å². The second kappa shape index (κ2) is 8.65. The third-order valence-electron chi connectivity index (χ3n) is 4.61. The van der Waals surface area contributed by atoms with Crippen LogP contribution in [0.25, 0.3) is 0 Å². The first kappa shape index (κ1) is 20.3. The van der Waals surface area contributed by atoms with Gasteiger partial charge in [0.2, 0.25) is 0 Å². The van der Waals surface area contributed by atoms with E-state index >= 15 is 0 Å². The van der Waals surface area contributed by atoms with Crippen molar-refractivity contribution in [2.24, 2.45) is 5.73 Å². The first-order chi connectivity index (χ1) is 9.32. The Labute approximate surface area is 127 Å². The predicted molar refractivity (Wildman–Crippen MR) is 90.4 cm³/mol. The Bertz CT molecular complexity index is 257. The molecule has 0 aliphatic carbocycles. The van der Waals surface area contributed by atoms with Crippen LogP contribution < -0.4 is 5.73 Å². The zero-order valence-corrected chi connectivity index (χ0v) is 16.5. The van der Waals surface area contributed by atoms with E-state index < -0.39 is 22.2 Å². The lowest BCUT2D eigenvalue weighted by Crippen LogP contribution is -2.68. The minimum atomic E-state index is -2.65. The van der Waals surface area contributed by atoms with Crippen LogP contribution in [0.15, 0.2) is 0 Å². The molecule has 0 fully saturated rings. The molecule has 0 bridgehead atoms. The van der Waals surface area contributed by atoms with Crippen LogP contribution in [-0.2, 0) is 13.3 Å². The molecular weight excluding hydrogens is 286 g/mol. The van der Waals surface area contributed by atoms with Gasteiger partial charge in [0.05, 0.1) is 5.35 Å². The van der Waals surface area contributed by atoms with Crippen LogP contribution in [-0.4, -0.2) is 35.4 Å². The smallest absolute Gasteiger partial charge is 0.374 e. The molecule has 0 aliphatic heterocycles. The van der Waals surface area contributed by atoms with Gasteiger partial charge in [0.25, 0.3) is 0 Å². The lowest BCUT2D eigenvalue weighted by Gasteiger charge is -2.47. The molecule has 6 heteroatoms. The van der Waals surface area contributed by atoms with Crippen molar-refractivity contribution in [2.75, 3.05) is 13.2 Å². The van der Waals surface area contributed by atoms with Crippen LogP contribution in [0.4, 0.5) is 0 Å². The summed E-state index contributed by atoms with van der Waals surface area (Å²) >= 11 is 0. The molecule has 0 radical (unpaired) electrons. The molecule has 0 rings (SSSR count). The number of hydrogen-bond donors (Lipinski definition) is 1. The van der Waals surface area contributed by atoms with E-state index in [1.54, 1.807) is 0 Å². The van der Waals surface area contributed by atoms with Crippen molar-refractivity contribution in [3.8, 4) is 0 Å². The first-order valence-electron chi connectivity index (χ1n) is 8.09. The van der Waals surface area contributed by atoms with Crippen molar-refractivity contribution in [1.29, 1.82) is 0 Å². The molecule has 0 amide bonds. The average Bonchev–Trinajstić information content (AvgIpc) is 2.41. The van der Waals surface area contributed by atoms with Crippen LogP contribution in [0.3, 0.4) is 0 Å².